The SMILES string of the molecule is N#Cc1ccccc1NC(=O)CSc1nnc(-c2cccnc2)o1. The molecule has 0 saturated carbocycles. The highest BCUT2D eigenvalue weighted by atomic mass is 32.2. The monoisotopic (exact) mass is 337 g/mol. The molecule has 0 aliphatic rings. The Balaban J connectivity index is 1.59. The quantitative estimate of drug-likeness (QED) is 0.714. The average molecular weight is 337 g/mol. The third-order valence-corrected chi connectivity index (χ3v) is 3.78. The number of nitrogens with zero attached hydrogens (tertiary/aromatic N) is 4. The molecule has 0 radical (unpaired) electrons. The normalized spacial score (nSPS) is 10.1. The first-order valence-electron chi connectivity index (χ1n) is 6.92. The number of para-hydroxylation sites is 1. The summed E-state index contributed by atoms with van der Waals surface area (Å²) in [5, 5.41) is 19.8. The molecule has 1 aromatic carbocycles. The van der Waals surface area contributed by atoms with E-state index in [0.29, 0.717) is 22.7 Å². The van der Waals surface area contributed by atoms with Gasteiger partial charge in [0.25, 0.3) is 5.22 Å². The second-order valence-corrected chi connectivity index (χ2v) is 5.54. The van der Waals surface area contributed by atoms with Gasteiger partial charge < -0.3 is 9.73 Å². The van der Waals surface area contributed by atoms with Gasteiger partial charge in [-0.25, -0.2) is 0 Å². The first-order valence-corrected chi connectivity index (χ1v) is 7.90. The Morgan fingerprint density at radius 3 is 2.92 bits per heavy atom. The summed E-state index contributed by atoms with van der Waals surface area (Å²) in [6.45, 7) is 0. The number of hydrogen-bond donors (Lipinski definition) is 1. The van der Waals surface area contributed by atoms with Crippen molar-refractivity contribution in [2.75, 3.05) is 11.1 Å². The average Bonchev–Trinajstić information content (AvgIpc) is 3.10. The molecule has 118 valence electrons. The molecule has 0 aliphatic heterocycles. The molecule has 0 atom stereocenters. The Labute approximate surface area is 141 Å². The van der Waals surface area contributed by atoms with Crippen molar-refractivity contribution in [3.8, 4) is 17.5 Å². The van der Waals surface area contributed by atoms with Crippen LogP contribution < -0.4 is 5.32 Å². The van der Waals surface area contributed by atoms with Crippen LogP contribution in [0.15, 0.2) is 58.4 Å². The van der Waals surface area contributed by atoms with Crippen molar-refractivity contribution in [1.29, 1.82) is 5.26 Å². The van der Waals surface area contributed by atoms with E-state index in [1.165, 1.54) is 0 Å². The summed E-state index contributed by atoms with van der Waals surface area (Å²) < 4.78 is 5.48. The number of thioether (sulfide) groups is 1. The highest BCUT2D eigenvalue weighted by Crippen LogP contribution is 2.22. The van der Waals surface area contributed by atoms with Gasteiger partial charge in [0.1, 0.15) is 6.07 Å². The molecule has 2 aromatic heterocycles. The molecule has 1 amide bonds. The molecular weight excluding hydrogens is 326 g/mol. The predicted octanol–water partition coefficient (Wildman–Crippen LogP) is 2.73. The number of nitriles is 1. The van der Waals surface area contributed by atoms with Gasteiger partial charge in [-0.15, -0.1) is 10.2 Å². The summed E-state index contributed by atoms with van der Waals surface area (Å²) >= 11 is 1.12. The van der Waals surface area contributed by atoms with Crippen molar-refractivity contribution < 1.29 is 9.21 Å². The summed E-state index contributed by atoms with van der Waals surface area (Å²) in [6, 6.07) is 12.4. The van der Waals surface area contributed by atoms with Crippen molar-refractivity contribution in [2.24, 2.45) is 0 Å². The zero-order chi connectivity index (χ0) is 16.8. The summed E-state index contributed by atoms with van der Waals surface area (Å²) in [7, 11) is 0. The third kappa shape index (κ3) is 3.77. The van der Waals surface area contributed by atoms with Crippen LogP contribution in [-0.2, 0) is 4.79 Å². The number of carbonyl (C=O) groups excluding carboxylic acids is 1. The van der Waals surface area contributed by atoms with Gasteiger partial charge in [-0.1, -0.05) is 23.9 Å². The number of benzene rings is 1. The van der Waals surface area contributed by atoms with Crippen LogP contribution in [0.1, 0.15) is 5.56 Å². The van der Waals surface area contributed by atoms with Crippen LogP contribution in [0.2, 0.25) is 0 Å². The molecule has 7 nitrogen and oxygen atoms in total. The highest BCUT2D eigenvalue weighted by molar-refractivity contribution is 7.99. The molecule has 1 N–H and O–H groups in total. The molecule has 0 fully saturated rings. The Bertz CT molecular complexity index is 889. The van der Waals surface area contributed by atoms with Crippen LogP contribution in [0, 0.1) is 11.3 Å². The second-order valence-electron chi connectivity index (χ2n) is 4.61. The molecule has 0 aliphatic carbocycles. The van der Waals surface area contributed by atoms with Gasteiger partial charge in [0.05, 0.1) is 22.6 Å². The highest BCUT2D eigenvalue weighted by Gasteiger charge is 2.12. The number of hydrogen-bond acceptors (Lipinski definition) is 7. The van der Waals surface area contributed by atoms with E-state index in [-0.39, 0.29) is 16.9 Å². The summed E-state index contributed by atoms with van der Waals surface area (Å²) in [4.78, 5) is 16.0. The van der Waals surface area contributed by atoms with Crippen molar-refractivity contribution in [1.82, 2.24) is 15.2 Å². The number of amides is 1. The zero-order valence-corrected chi connectivity index (χ0v) is 13.2. The Hall–Kier alpha value is -3.18. The summed E-state index contributed by atoms with van der Waals surface area (Å²) in [5.41, 5.74) is 1.60. The maximum atomic E-state index is 12.0. The summed E-state index contributed by atoms with van der Waals surface area (Å²) in [6.07, 6.45) is 3.27. The van der Waals surface area contributed by atoms with E-state index >= 15 is 0 Å². The molecule has 0 unspecified atom stereocenters. The number of nitrogens with one attached hydrogen (secondary N) is 1. The number of rotatable bonds is 5. The van der Waals surface area contributed by atoms with Crippen LogP contribution in [0.3, 0.4) is 0 Å². The van der Waals surface area contributed by atoms with E-state index in [2.05, 4.69) is 20.5 Å². The number of anilines is 1. The first kappa shape index (κ1) is 15.7. The van der Waals surface area contributed by atoms with Gasteiger partial charge in [0.2, 0.25) is 11.8 Å². The van der Waals surface area contributed by atoms with Gasteiger partial charge >= 0.3 is 0 Å². The number of carbonyl (C=O) groups is 1. The maximum absolute atomic E-state index is 12.0. The lowest BCUT2D eigenvalue weighted by atomic mass is 10.2. The predicted molar refractivity (Wildman–Crippen MR) is 88.0 cm³/mol. The molecule has 0 spiro atoms. The van der Waals surface area contributed by atoms with Gasteiger partial charge in [-0.3, -0.25) is 9.78 Å². The van der Waals surface area contributed by atoms with Crippen LogP contribution in [0.5, 0.6) is 0 Å². The molecule has 3 rings (SSSR count). The van der Waals surface area contributed by atoms with Gasteiger partial charge in [-0.2, -0.15) is 5.26 Å². The van der Waals surface area contributed by atoms with E-state index in [1.54, 1.807) is 48.8 Å². The lowest BCUT2D eigenvalue weighted by molar-refractivity contribution is -0.113. The van der Waals surface area contributed by atoms with E-state index in [9.17, 15) is 4.79 Å². The minimum Gasteiger partial charge on any atom is -0.411 e. The third-order valence-electron chi connectivity index (χ3n) is 2.96. The van der Waals surface area contributed by atoms with Crippen molar-refractivity contribution in [2.45, 2.75) is 5.22 Å². The molecule has 8 heteroatoms. The van der Waals surface area contributed by atoms with Gasteiger partial charge in [-0.05, 0) is 24.3 Å². The Morgan fingerprint density at radius 2 is 2.12 bits per heavy atom. The van der Waals surface area contributed by atoms with Gasteiger partial charge in [0, 0.05) is 12.4 Å². The molecule has 3 aromatic rings. The van der Waals surface area contributed by atoms with Crippen molar-refractivity contribution in [3.63, 3.8) is 0 Å². The largest absolute Gasteiger partial charge is 0.411 e. The fourth-order valence-electron chi connectivity index (χ4n) is 1.88. The van der Waals surface area contributed by atoms with Crippen LogP contribution in [-0.4, -0.2) is 26.8 Å². The Morgan fingerprint density at radius 1 is 1.25 bits per heavy atom. The minimum atomic E-state index is -0.260. The van der Waals surface area contributed by atoms with E-state index in [1.807, 2.05) is 6.07 Å². The molecule has 0 saturated heterocycles. The van der Waals surface area contributed by atoms with Crippen molar-refractivity contribution in [3.05, 3.63) is 54.4 Å². The lowest BCUT2D eigenvalue weighted by Crippen LogP contribution is -2.14. The van der Waals surface area contributed by atoms with Gasteiger partial charge in [0.15, 0.2) is 0 Å². The number of aromatic nitrogens is 3. The van der Waals surface area contributed by atoms with Crippen molar-refractivity contribution >= 4 is 23.4 Å². The number of pyridine rings is 1. The molecule has 0 bridgehead atoms. The smallest absolute Gasteiger partial charge is 0.277 e. The molecule has 2 heterocycles. The van der Waals surface area contributed by atoms with E-state index in [0.717, 1.165) is 11.8 Å². The van der Waals surface area contributed by atoms with Crippen LogP contribution >= 0.6 is 11.8 Å². The zero-order valence-electron chi connectivity index (χ0n) is 12.3. The van der Waals surface area contributed by atoms with Crippen LogP contribution in [0.4, 0.5) is 5.69 Å². The minimum absolute atomic E-state index is 0.0917. The maximum Gasteiger partial charge on any atom is 0.277 e. The first-order chi connectivity index (χ1) is 11.8. The molecular formula is C16H11N5O2S. The second kappa shape index (κ2) is 7.39. The van der Waals surface area contributed by atoms with Crippen LogP contribution in [0.25, 0.3) is 11.5 Å². The lowest BCUT2D eigenvalue weighted by Gasteiger charge is -2.05. The fourth-order valence-corrected chi connectivity index (χ4v) is 2.44. The summed E-state index contributed by atoms with van der Waals surface area (Å²) in [5.74, 6) is 0.179. The molecule has 24 heavy (non-hydrogen) atoms. The van der Waals surface area contributed by atoms with E-state index in [4.69, 9.17) is 9.68 Å². The topological polar surface area (TPSA) is 105 Å². The fraction of sp³-hybridized carbons (Fsp3) is 0.0625. The van der Waals surface area contributed by atoms with E-state index < -0.39 is 0 Å². The Kier molecular flexibility index (Phi) is 4.84. The standard InChI is InChI=1S/C16H11N5O2S/c17-8-11-4-1-2-6-13(11)19-14(22)10-24-16-21-20-15(23-16)12-5-3-7-18-9-12/h1-7,9H,10H2,(H,19,22).